The SMILES string of the molecule is CCC(CNC(C)C)N(Cc1ccco1)C1CC1. The lowest BCUT2D eigenvalue weighted by Crippen LogP contribution is -2.44. The highest BCUT2D eigenvalue weighted by molar-refractivity contribution is 5.01. The Morgan fingerprint density at radius 2 is 2.22 bits per heavy atom. The van der Waals surface area contributed by atoms with Crippen molar-refractivity contribution in [3.8, 4) is 0 Å². The molecule has 1 atom stereocenters. The van der Waals surface area contributed by atoms with Crippen molar-refractivity contribution in [3.63, 3.8) is 0 Å². The van der Waals surface area contributed by atoms with Crippen LogP contribution in [0.15, 0.2) is 22.8 Å². The Bertz CT molecular complexity index is 330. The fraction of sp³-hybridized carbons (Fsp3) is 0.733. The van der Waals surface area contributed by atoms with Crippen molar-refractivity contribution in [2.45, 2.75) is 64.7 Å². The molecule has 0 aliphatic heterocycles. The maximum atomic E-state index is 5.50. The highest BCUT2D eigenvalue weighted by Crippen LogP contribution is 2.31. The summed E-state index contributed by atoms with van der Waals surface area (Å²) in [5.41, 5.74) is 0. The summed E-state index contributed by atoms with van der Waals surface area (Å²) in [6.45, 7) is 8.73. The van der Waals surface area contributed by atoms with Crippen LogP contribution in [0.25, 0.3) is 0 Å². The molecule has 0 radical (unpaired) electrons. The standard InChI is InChI=1S/C15H26N2O/c1-4-13(10-16-12(2)3)17(14-7-8-14)11-15-6-5-9-18-15/h5-6,9,12-14,16H,4,7-8,10-11H2,1-3H3. The summed E-state index contributed by atoms with van der Waals surface area (Å²) < 4.78 is 5.50. The lowest BCUT2D eigenvalue weighted by Gasteiger charge is -2.31. The quantitative estimate of drug-likeness (QED) is 0.769. The van der Waals surface area contributed by atoms with Crippen LogP contribution in [0, 0.1) is 0 Å². The van der Waals surface area contributed by atoms with Gasteiger partial charge in [-0.2, -0.15) is 0 Å². The van der Waals surface area contributed by atoms with Crippen molar-refractivity contribution in [1.82, 2.24) is 10.2 Å². The highest BCUT2D eigenvalue weighted by atomic mass is 16.3. The van der Waals surface area contributed by atoms with E-state index in [0.717, 1.165) is 24.9 Å². The first kappa shape index (κ1) is 13.6. The number of rotatable bonds is 8. The minimum absolute atomic E-state index is 0.559. The third-order valence-electron chi connectivity index (χ3n) is 3.64. The Morgan fingerprint density at radius 3 is 2.72 bits per heavy atom. The van der Waals surface area contributed by atoms with Crippen LogP contribution in [0.1, 0.15) is 45.8 Å². The average molecular weight is 250 g/mol. The van der Waals surface area contributed by atoms with Gasteiger partial charge in [0.1, 0.15) is 5.76 Å². The van der Waals surface area contributed by atoms with E-state index in [2.05, 4.69) is 37.1 Å². The van der Waals surface area contributed by atoms with Crippen molar-refractivity contribution >= 4 is 0 Å². The molecule has 1 aromatic heterocycles. The van der Waals surface area contributed by atoms with Gasteiger partial charge in [0.2, 0.25) is 0 Å². The molecule has 0 bridgehead atoms. The van der Waals surface area contributed by atoms with Crippen LogP contribution in [0.3, 0.4) is 0 Å². The van der Waals surface area contributed by atoms with Crippen molar-refractivity contribution < 1.29 is 4.42 Å². The highest BCUT2D eigenvalue weighted by Gasteiger charge is 2.33. The first-order valence-electron chi connectivity index (χ1n) is 7.22. The van der Waals surface area contributed by atoms with Gasteiger partial charge in [-0.1, -0.05) is 20.8 Å². The fourth-order valence-electron chi connectivity index (χ4n) is 2.41. The van der Waals surface area contributed by atoms with E-state index in [1.54, 1.807) is 6.26 Å². The van der Waals surface area contributed by atoms with Crippen LogP contribution in [-0.4, -0.2) is 29.6 Å². The number of hydrogen-bond donors (Lipinski definition) is 1. The molecule has 1 unspecified atom stereocenters. The first-order chi connectivity index (χ1) is 8.70. The van der Waals surface area contributed by atoms with Crippen LogP contribution in [0.5, 0.6) is 0 Å². The van der Waals surface area contributed by atoms with Gasteiger partial charge >= 0.3 is 0 Å². The van der Waals surface area contributed by atoms with Crippen LogP contribution in [0.4, 0.5) is 0 Å². The molecular formula is C15H26N2O. The summed E-state index contributed by atoms with van der Waals surface area (Å²) in [6.07, 6.45) is 5.66. The molecule has 1 aliphatic rings. The molecule has 1 saturated carbocycles. The molecule has 0 spiro atoms. The van der Waals surface area contributed by atoms with E-state index in [1.165, 1.54) is 19.3 Å². The molecule has 0 amide bonds. The number of furan rings is 1. The van der Waals surface area contributed by atoms with Crippen LogP contribution >= 0.6 is 0 Å². The second-order valence-corrected chi connectivity index (χ2v) is 5.61. The Labute approximate surface area is 111 Å². The van der Waals surface area contributed by atoms with E-state index in [-0.39, 0.29) is 0 Å². The molecule has 3 nitrogen and oxygen atoms in total. The van der Waals surface area contributed by atoms with Gasteiger partial charge < -0.3 is 9.73 Å². The normalized spacial score (nSPS) is 17.6. The second-order valence-electron chi connectivity index (χ2n) is 5.61. The lowest BCUT2D eigenvalue weighted by atomic mass is 10.1. The minimum Gasteiger partial charge on any atom is -0.468 e. The Balaban J connectivity index is 1.94. The summed E-state index contributed by atoms with van der Waals surface area (Å²) in [4.78, 5) is 2.62. The minimum atomic E-state index is 0.559. The molecule has 0 saturated heterocycles. The lowest BCUT2D eigenvalue weighted by molar-refractivity contribution is 0.154. The third kappa shape index (κ3) is 3.85. The van der Waals surface area contributed by atoms with Gasteiger partial charge in [-0.25, -0.2) is 0 Å². The number of nitrogens with one attached hydrogen (secondary N) is 1. The van der Waals surface area contributed by atoms with Gasteiger partial charge in [0.15, 0.2) is 0 Å². The van der Waals surface area contributed by atoms with Gasteiger partial charge in [-0.15, -0.1) is 0 Å². The van der Waals surface area contributed by atoms with E-state index < -0.39 is 0 Å². The van der Waals surface area contributed by atoms with E-state index in [9.17, 15) is 0 Å². The molecule has 2 rings (SSSR count). The smallest absolute Gasteiger partial charge is 0.117 e. The molecule has 102 valence electrons. The maximum Gasteiger partial charge on any atom is 0.117 e. The predicted molar refractivity (Wildman–Crippen MR) is 74.5 cm³/mol. The Kier molecular flexibility index (Phi) is 4.84. The van der Waals surface area contributed by atoms with Gasteiger partial charge in [0.25, 0.3) is 0 Å². The first-order valence-corrected chi connectivity index (χ1v) is 7.22. The Morgan fingerprint density at radius 1 is 1.44 bits per heavy atom. The summed E-state index contributed by atoms with van der Waals surface area (Å²) in [5, 5.41) is 3.57. The zero-order valence-electron chi connectivity index (χ0n) is 11.9. The van der Waals surface area contributed by atoms with Crippen molar-refractivity contribution in [3.05, 3.63) is 24.2 Å². The zero-order valence-corrected chi connectivity index (χ0v) is 11.9. The van der Waals surface area contributed by atoms with Gasteiger partial charge in [0.05, 0.1) is 12.8 Å². The van der Waals surface area contributed by atoms with Crippen LogP contribution < -0.4 is 5.32 Å². The van der Waals surface area contributed by atoms with Gasteiger partial charge in [-0.05, 0) is 31.4 Å². The number of hydrogen-bond acceptors (Lipinski definition) is 3. The van der Waals surface area contributed by atoms with Crippen molar-refractivity contribution in [2.24, 2.45) is 0 Å². The summed E-state index contributed by atoms with van der Waals surface area (Å²) in [6, 6.07) is 6.01. The summed E-state index contributed by atoms with van der Waals surface area (Å²) in [7, 11) is 0. The van der Waals surface area contributed by atoms with E-state index >= 15 is 0 Å². The monoisotopic (exact) mass is 250 g/mol. The van der Waals surface area contributed by atoms with Crippen LogP contribution in [-0.2, 0) is 6.54 Å². The predicted octanol–water partition coefficient (Wildman–Crippen LogP) is 3.02. The Hall–Kier alpha value is -0.800. The van der Waals surface area contributed by atoms with E-state index in [4.69, 9.17) is 4.42 Å². The topological polar surface area (TPSA) is 28.4 Å². The van der Waals surface area contributed by atoms with Crippen molar-refractivity contribution in [2.75, 3.05) is 6.54 Å². The molecule has 18 heavy (non-hydrogen) atoms. The van der Waals surface area contributed by atoms with Gasteiger partial charge in [-0.3, -0.25) is 4.90 Å². The van der Waals surface area contributed by atoms with E-state index in [1.807, 2.05) is 6.07 Å². The zero-order chi connectivity index (χ0) is 13.0. The third-order valence-corrected chi connectivity index (χ3v) is 3.64. The van der Waals surface area contributed by atoms with Gasteiger partial charge in [0, 0.05) is 24.7 Å². The van der Waals surface area contributed by atoms with Crippen molar-refractivity contribution in [1.29, 1.82) is 0 Å². The second kappa shape index (κ2) is 6.39. The molecule has 1 heterocycles. The molecule has 1 aliphatic carbocycles. The fourth-order valence-corrected chi connectivity index (χ4v) is 2.41. The maximum absolute atomic E-state index is 5.50. The van der Waals surface area contributed by atoms with E-state index in [0.29, 0.717) is 12.1 Å². The average Bonchev–Trinajstić information content (AvgIpc) is 3.06. The molecule has 3 heteroatoms. The summed E-state index contributed by atoms with van der Waals surface area (Å²) >= 11 is 0. The number of nitrogens with zero attached hydrogens (tertiary/aromatic N) is 1. The molecule has 0 aromatic carbocycles. The van der Waals surface area contributed by atoms with Crippen LogP contribution in [0.2, 0.25) is 0 Å². The molecule has 1 aromatic rings. The molecular weight excluding hydrogens is 224 g/mol. The summed E-state index contributed by atoms with van der Waals surface area (Å²) in [5.74, 6) is 1.09. The largest absolute Gasteiger partial charge is 0.468 e. The molecule has 1 N–H and O–H groups in total. The molecule has 1 fully saturated rings.